The van der Waals surface area contributed by atoms with Crippen molar-refractivity contribution < 1.29 is 0 Å². The molecule has 0 unspecified atom stereocenters. The molecule has 74 valence electrons. The predicted octanol–water partition coefficient (Wildman–Crippen LogP) is 3.97. The van der Waals surface area contributed by atoms with Crippen LogP contribution in [0, 0.1) is 5.41 Å². The topological polar surface area (TPSA) is 12.4 Å². The second-order valence-electron chi connectivity index (χ2n) is 4.46. The first-order valence-corrected chi connectivity index (χ1v) is 4.77. The minimum absolute atomic E-state index is 0.363. The van der Waals surface area contributed by atoms with Gasteiger partial charge in [-0.3, -0.25) is 4.99 Å². The average molecular weight is 179 g/mol. The smallest absolute Gasteiger partial charge is 0.0293 e. The lowest BCUT2D eigenvalue weighted by Crippen LogP contribution is -2.01. The van der Waals surface area contributed by atoms with Gasteiger partial charge in [0.2, 0.25) is 0 Å². The molecule has 0 bridgehead atoms. The molecule has 13 heavy (non-hydrogen) atoms. The molecule has 0 aromatic heterocycles. The minimum atomic E-state index is 0.363. The SMILES string of the molecule is C/C=C(/C)C=NC=CCC(C)(C)C. The Morgan fingerprint density at radius 3 is 2.38 bits per heavy atom. The van der Waals surface area contributed by atoms with E-state index in [2.05, 4.69) is 31.8 Å². The van der Waals surface area contributed by atoms with Crippen LogP contribution in [0.15, 0.2) is 28.9 Å². The summed E-state index contributed by atoms with van der Waals surface area (Å²) in [6.45, 7) is 10.7. The highest BCUT2D eigenvalue weighted by atomic mass is 14.7. The van der Waals surface area contributed by atoms with E-state index in [0.29, 0.717) is 5.41 Å². The molecule has 0 aliphatic carbocycles. The summed E-state index contributed by atoms with van der Waals surface area (Å²) in [5.41, 5.74) is 1.56. The zero-order valence-electron chi connectivity index (χ0n) is 9.46. The van der Waals surface area contributed by atoms with Crippen LogP contribution in [0.5, 0.6) is 0 Å². The Hall–Kier alpha value is -0.850. The van der Waals surface area contributed by atoms with Crippen molar-refractivity contribution in [3.63, 3.8) is 0 Å². The highest BCUT2D eigenvalue weighted by Crippen LogP contribution is 2.18. The molecule has 0 heterocycles. The number of rotatable bonds is 3. The van der Waals surface area contributed by atoms with Gasteiger partial charge >= 0.3 is 0 Å². The van der Waals surface area contributed by atoms with Gasteiger partial charge in [0.1, 0.15) is 0 Å². The summed E-state index contributed by atoms with van der Waals surface area (Å²) in [6, 6.07) is 0. The molecule has 0 fully saturated rings. The summed E-state index contributed by atoms with van der Waals surface area (Å²) >= 11 is 0. The van der Waals surface area contributed by atoms with Gasteiger partial charge in [-0.15, -0.1) is 0 Å². The Balaban J connectivity index is 3.83. The van der Waals surface area contributed by atoms with E-state index in [1.165, 1.54) is 5.57 Å². The second kappa shape index (κ2) is 5.74. The summed E-state index contributed by atoms with van der Waals surface area (Å²) in [4.78, 5) is 4.17. The Kier molecular flexibility index (Phi) is 5.36. The van der Waals surface area contributed by atoms with E-state index in [-0.39, 0.29) is 0 Å². The highest BCUT2D eigenvalue weighted by molar-refractivity contribution is 5.77. The number of hydrogen-bond acceptors (Lipinski definition) is 1. The molecule has 0 spiro atoms. The van der Waals surface area contributed by atoms with Gasteiger partial charge in [-0.2, -0.15) is 0 Å². The van der Waals surface area contributed by atoms with Crippen LogP contribution in [0.2, 0.25) is 0 Å². The van der Waals surface area contributed by atoms with Crippen LogP contribution in [-0.2, 0) is 0 Å². The molecule has 0 atom stereocenters. The molecule has 1 heteroatoms. The van der Waals surface area contributed by atoms with E-state index in [0.717, 1.165) is 6.42 Å². The molecule has 0 radical (unpaired) electrons. The van der Waals surface area contributed by atoms with Gasteiger partial charge in [-0.05, 0) is 31.3 Å². The third-order valence-electron chi connectivity index (χ3n) is 1.66. The maximum atomic E-state index is 4.17. The van der Waals surface area contributed by atoms with Crippen LogP contribution in [0.25, 0.3) is 0 Å². The maximum absolute atomic E-state index is 4.17. The first-order chi connectivity index (χ1) is 5.95. The quantitative estimate of drug-likeness (QED) is 0.581. The molecule has 0 saturated heterocycles. The van der Waals surface area contributed by atoms with Crippen molar-refractivity contribution in [2.24, 2.45) is 10.4 Å². The Labute approximate surface area is 82.3 Å². The van der Waals surface area contributed by atoms with E-state index in [4.69, 9.17) is 0 Å². The van der Waals surface area contributed by atoms with E-state index < -0.39 is 0 Å². The lowest BCUT2D eigenvalue weighted by atomic mass is 9.92. The number of aliphatic imine (C=N–C) groups is 1. The molecular weight excluding hydrogens is 158 g/mol. The maximum Gasteiger partial charge on any atom is 0.0293 e. The molecule has 0 aromatic carbocycles. The summed E-state index contributed by atoms with van der Waals surface area (Å²) in [7, 11) is 0. The Bertz CT molecular complexity index is 214. The van der Waals surface area contributed by atoms with E-state index in [1.54, 1.807) is 0 Å². The minimum Gasteiger partial charge on any atom is -0.265 e. The lowest BCUT2D eigenvalue weighted by molar-refractivity contribution is 0.420. The first kappa shape index (κ1) is 12.2. The van der Waals surface area contributed by atoms with Crippen molar-refractivity contribution in [3.05, 3.63) is 23.9 Å². The van der Waals surface area contributed by atoms with Crippen molar-refractivity contribution in [1.29, 1.82) is 0 Å². The van der Waals surface area contributed by atoms with Crippen LogP contribution >= 0.6 is 0 Å². The van der Waals surface area contributed by atoms with Gasteiger partial charge in [0.05, 0.1) is 0 Å². The van der Waals surface area contributed by atoms with Crippen LogP contribution in [-0.4, -0.2) is 6.21 Å². The van der Waals surface area contributed by atoms with Crippen LogP contribution in [0.3, 0.4) is 0 Å². The number of hydrogen-bond donors (Lipinski definition) is 0. The van der Waals surface area contributed by atoms with Gasteiger partial charge < -0.3 is 0 Å². The largest absolute Gasteiger partial charge is 0.265 e. The van der Waals surface area contributed by atoms with Crippen LogP contribution in [0.4, 0.5) is 0 Å². The van der Waals surface area contributed by atoms with Gasteiger partial charge in [-0.25, -0.2) is 0 Å². The predicted molar refractivity (Wildman–Crippen MR) is 61.1 cm³/mol. The van der Waals surface area contributed by atoms with E-state index in [1.807, 2.05) is 32.3 Å². The molecule has 0 rings (SSSR count). The van der Waals surface area contributed by atoms with Crippen molar-refractivity contribution in [2.45, 2.75) is 41.0 Å². The van der Waals surface area contributed by atoms with Gasteiger partial charge in [0.15, 0.2) is 0 Å². The third kappa shape index (κ3) is 9.06. The summed E-state index contributed by atoms with van der Waals surface area (Å²) in [6.07, 6.45) is 8.97. The van der Waals surface area contributed by atoms with Gasteiger partial charge in [0, 0.05) is 12.4 Å². The lowest BCUT2D eigenvalue weighted by Gasteiger charge is -2.13. The average Bonchev–Trinajstić information content (AvgIpc) is 2.01. The summed E-state index contributed by atoms with van der Waals surface area (Å²) in [5, 5.41) is 0. The normalized spacial score (nSPS) is 14.7. The van der Waals surface area contributed by atoms with Crippen LogP contribution in [0.1, 0.15) is 41.0 Å². The molecule has 0 aromatic rings. The van der Waals surface area contributed by atoms with Crippen molar-refractivity contribution in [3.8, 4) is 0 Å². The molecular formula is C12H21N. The highest BCUT2D eigenvalue weighted by Gasteiger charge is 2.05. The summed E-state index contributed by atoms with van der Waals surface area (Å²) in [5.74, 6) is 0. The zero-order valence-corrected chi connectivity index (χ0v) is 9.46. The standard InChI is InChI=1S/C12H21N/c1-6-11(2)10-13-9-7-8-12(3,4)5/h6-7,9-10H,8H2,1-5H3/b9-7?,11-6-,13-10?. The van der Waals surface area contributed by atoms with Crippen molar-refractivity contribution in [2.75, 3.05) is 0 Å². The molecule has 0 aliphatic rings. The van der Waals surface area contributed by atoms with Gasteiger partial charge in [-0.1, -0.05) is 32.9 Å². The fraction of sp³-hybridized carbons (Fsp3) is 0.583. The van der Waals surface area contributed by atoms with E-state index in [9.17, 15) is 0 Å². The monoisotopic (exact) mass is 179 g/mol. The number of nitrogens with zero attached hydrogens (tertiary/aromatic N) is 1. The molecule has 0 saturated carbocycles. The zero-order chi connectivity index (χ0) is 10.3. The van der Waals surface area contributed by atoms with Gasteiger partial charge in [0.25, 0.3) is 0 Å². The van der Waals surface area contributed by atoms with Crippen molar-refractivity contribution in [1.82, 2.24) is 0 Å². The van der Waals surface area contributed by atoms with Crippen LogP contribution < -0.4 is 0 Å². The first-order valence-electron chi connectivity index (χ1n) is 4.77. The Morgan fingerprint density at radius 2 is 1.92 bits per heavy atom. The molecule has 0 amide bonds. The fourth-order valence-corrected chi connectivity index (χ4v) is 0.702. The van der Waals surface area contributed by atoms with Crippen molar-refractivity contribution >= 4 is 6.21 Å². The second-order valence-corrected chi connectivity index (χ2v) is 4.46. The third-order valence-corrected chi connectivity index (χ3v) is 1.66. The molecule has 0 aliphatic heterocycles. The summed E-state index contributed by atoms with van der Waals surface area (Å²) < 4.78 is 0. The Morgan fingerprint density at radius 1 is 1.31 bits per heavy atom. The molecule has 0 N–H and O–H groups in total. The molecule has 1 nitrogen and oxygen atoms in total. The number of allylic oxidation sites excluding steroid dienone is 3. The fourth-order valence-electron chi connectivity index (χ4n) is 0.702. The van der Waals surface area contributed by atoms with E-state index >= 15 is 0 Å².